The standard InChI is InChI=1S/C31H26FN3O5S2/c1-3-39-22-9-6-8-18(15-22)26-25(27(36)19-11-12-24-21(14-19)13-17(2)40-24)28(37)29(38)35(26)30-33-34-31(42-30)41-16-20-7-4-5-10-23(20)32/h4-12,14-15,17,26,36H,3,13,16H2,1-2H3/t17-,26+/m0/s1. The summed E-state index contributed by atoms with van der Waals surface area (Å²) in [4.78, 5) is 28.4. The molecule has 11 heteroatoms. The molecule has 8 nitrogen and oxygen atoms in total. The Labute approximate surface area is 249 Å². The number of halogens is 1. The third-order valence-corrected chi connectivity index (χ3v) is 9.11. The predicted molar refractivity (Wildman–Crippen MR) is 158 cm³/mol. The molecule has 3 heterocycles. The van der Waals surface area contributed by atoms with Gasteiger partial charge in [0.2, 0.25) is 5.13 Å². The van der Waals surface area contributed by atoms with Crippen LogP contribution in [-0.4, -0.2) is 39.7 Å². The molecular formula is C31H26FN3O5S2. The Morgan fingerprint density at radius 3 is 2.79 bits per heavy atom. The Morgan fingerprint density at radius 2 is 1.98 bits per heavy atom. The zero-order chi connectivity index (χ0) is 29.4. The molecule has 1 aromatic heterocycles. The van der Waals surface area contributed by atoms with E-state index in [4.69, 9.17) is 9.47 Å². The molecule has 1 N–H and O–H groups in total. The van der Waals surface area contributed by atoms with E-state index in [1.54, 1.807) is 60.7 Å². The lowest BCUT2D eigenvalue weighted by Gasteiger charge is -2.23. The van der Waals surface area contributed by atoms with Gasteiger partial charge in [0.15, 0.2) is 4.34 Å². The van der Waals surface area contributed by atoms with E-state index in [1.807, 2.05) is 13.8 Å². The second kappa shape index (κ2) is 11.6. The van der Waals surface area contributed by atoms with E-state index in [1.165, 1.54) is 22.7 Å². The fourth-order valence-electron chi connectivity index (χ4n) is 5.12. The van der Waals surface area contributed by atoms with Crippen molar-refractivity contribution in [2.45, 2.75) is 42.5 Å². The molecule has 2 atom stereocenters. The number of aliphatic hydroxyl groups is 1. The molecule has 1 amide bonds. The number of aliphatic hydroxyl groups excluding tert-OH is 1. The number of thioether (sulfide) groups is 1. The van der Waals surface area contributed by atoms with Crippen molar-refractivity contribution >= 4 is 45.7 Å². The van der Waals surface area contributed by atoms with Gasteiger partial charge in [0.05, 0.1) is 18.2 Å². The van der Waals surface area contributed by atoms with E-state index >= 15 is 0 Å². The SMILES string of the molecule is CCOc1cccc([C@@H]2C(=C(O)c3ccc4c(c3)C[C@H](C)O4)C(=O)C(=O)N2c2nnc(SCc3ccccc3F)s2)c1. The van der Waals surface area contributed by atoms with E-state index < -0.39 is 17.7 Å². The fraction of sp³-hybridized carbons (Fsp3) is 0.226. The number of ketones is 1. The number of anilines is 1. The van der Waals surface area contributed by atoms with Gasteiger partial charge in [-0.3, -0.25) is 14.5 Å². The van der Waals surface area contributed by atoms with Crippen LogP contribution in [-0.2, 0) is 21.8 Å². The van der Waals surface area contributed by atoms with Gasteiger partial charge in [-0.2, -0.15) is 0 Å². The number of hydrogen-bond acceptors (Lipinski definition) is 9. The Balaban J connectivity index is 1.40. The average Bonchev–Trinajstić information content (AvgIpc) is 3.67. The van der Waals surface area contributed by atoms with Crippen LogP contribution in [0.25, 0.3) is 5.76 Å². The first kappa shape index (κ1) is 27.9. The number of nitrogens with zero attached hydrogens (tertiary/aromatic N) is 3. The number of carbonyl (C=O) groups excluding carboxylic acids is 2. The summed E-state index contributed by atoms with van der Waals surface area (Å²) in [5.74, 6) is -0.660. The summed E-state index contributed by atoms with van der Waals surface area (Å²) >= 11 is 2.40. The zero-order valence-electron chi connectivity index (χ0n) is 22.7. The molecule has 0 radical (unpaired) electrons. The molecule has 0 bridgehead atoms. The minimum absolute atomic E-state index is 0.00661. The van der Waals surface area contributed by atoms with Gasteiger partial charge in [-0.15, -0.1) is 10.2 Å². The van der Waals surface area contributed by atoms with Crippen molar-refractivity contribution in [2.24, 2.45) is 0 Å². The molecule has 2 aliphatic rings. The van der Waals surface area contributed by atoms with E-state index in [0.717, 1.165) is 22.6 Å². The zero-order valence-corrected chi connectivity index (χ0v) is 24.4. The smallest absolute Gasteiger partial charge is 0.301 e. The van der Waals surface area contributed by atoms with Gasteiger partial charge in [-0.1, -0.05) is 53.4 Å². The highest BCUT2D eigenvalue weighted by atomic mass is 32.2. The monoisotopic (exact) mass is 603 g/mol. The van der Waals surface area contributed by atoms with Crippen molar-refractivity contribution in [1.29, 1.82) is 0 Å². The van der Waals surface area contributed by atoms with Crippen LogP contribution in [0.5, 0.6) is 11.5 Å². The molecule has 214 valence electrons. The molecule has 6 rings (SSSR count). The number of ether oxygens (including phenoxy) is 2. The number of hydrogen-bond donors (Lipinski definition) is 1. The first-order valence-corrected chi connectivity index (χ1v) is 15.2. The molecule has 2 aliphatic heterocycles. The highest BCUT2D eigenvalue weighted by Gasteiger charge is 2.48. The summed E-state index contributed by atoms with van der Waals surface area (Å²) in [6.07, 6.45) is 0.676. The van der Waals surface area contributed by atoms with Crippen LogP contribution in [0.2, 0.25) is 0 Å². The summed E-state index contributed by atoms with van der Waals surface area (Å²) in [6, 6.07) is 17.8. The maximum Gasteiger partial charge on any atom is 0.301 e. The van der Waals surface area contributed by atoms with Crippen LogP contribution in [0.15, 0.2) is 76.6 Å². The van der Waals surface area contributed by atoms with Crippen molar-refractivity contribution < 1.29 is 28.6 Å². The fourth-order valence-corrected chi connectivity index (χ4v) is 6.98. The van der Waals surface area contributed by atoms with Crippen molar-refractivity contribution in [1.82, 2.24) is 10.2 Å². The molecular weight excluding hydrogens is 577 g/mol. The summed E-state index contributed by atoms with van der Waals surface area (Å²) in [5.41, 5.74) is 2.35. The summed E-state index contributed by atoms with van der Waals surface area (Å²) < 4.78 is 26.1. The summed E-state index contributed by atoms with van der Waals surface area (Å²) in [5, 5.41) is 20.2. The number of aromatic nitrogens is 2. The van der Waals surface area contributed by atoms with Crippen molar-refractivity contribution in [2.75, 3.05) is 11.5 Å². The van der Waals surface area contributed by atoms with Gasteiger partial charge in [-0.05, 0) is 66.9 Å². The maximum atomic E-state index is 14.1. The Hall–Kier alpha value is -4.22. The Bertz CT molecular complexity index is 1720. The number of Topliss-reactive ketones (excluding diaryl/α,β-unsaturated/α-hetero) is 1. The van der Waals surface area contributed by atoms with E-state index in [2.05, 4.69) is 10.2 Å². The lowest BCUT2D eigenvalue weighted by molar-refractivity contribution is -0.132. The van der Waals surface area contributed by atoms with E-state index in [-0.39, 0.29) is 28.4 Å². The van der Waals surface area contributed by atoms with Gasteiger partial charge in [-0.25, -0.2) is 4.39 Å². The van der Waals surface area contributed by atoms with Crippen LogP contribution < -0.4 is 14.4 Å². The van der Waals surface area contributed by atoms with E-state index in [0.29, 0.717) is 45.6 Å². The quantitative estimate of drug-likeness (QED) is 0.0821. The third kappa shape index (κ3) is 5.25. The molecule has 1 fully saturated rings. The second-order valence-electron chi connectivity index (χ2n) is 9.86. The van der Waals surface area contributed by atoms with Gasteiger partial charge < -0.3 is 14.6 Å². The summed E-state index contributed by atoms with van der Waals surface area (Å²) in [7, 11) is 0. The first-order valence-electron chi connectivity index (χ1n) is 13.4. The minimum Gasteiger partial charge on any atom is -0.507 e. The average molecular weight is 604 g/mol. The number of amides is 1. The molecule has 0 spiro atoms. The third-order valence-electron chi connectivity index (χ3n) is 7.01. The number of benzene rings is 3. The van der Waals surface area contributed by atoms with Crippen LogP contribution in [0, 0.1) is 5.82 Å². The topological polar surface area (TPSA) is 102 Å². The van der Waals surface area contributed by atoms with Crippen LogP contribution in [0.3, 0.4) is 0 Å². The van der Waals surface area contributed by atoms with Crippen molar-refractivity contribution in [3.8, 4) is 11.5 Å². The highest BCUT2D eigenvalue weighted by molar-refractivity contribution is 8.00. The maximum absolute atomic E-state index is 14.1. The normalized spacial score (nSPS) is 19.2. The largest absolute Gasteiger partial charge is 0.507 e. The molecule has 0 unspecified atom stereocenters. The number of carbonyl (C=O) groups is 2. The van der Waals surface area contributed by atoms with Crippen molar-refractivity contribution in [3.05, 3.63) is 100 Å². The van der Waals surface area contributed by atoms with Crippen LogP contribution in [0.4, 0.5) is 9.52 Å². The molecule has 0 saturated carbocycles. The molecule has 42 heavy (non-hydrogen) atoms. The summed E-state index contributed by atoms with van der Waals surface area (Å²) in [6.45, 7) is 4.25. The lowest BCUT2D eigenvalue weighted by Crippen LogP contribution is -2.29. The van der Waals surface area contributed by atoms with E-state index in [9.17, 15) is 19.1 Å². The number of fused-ring (bicyclic) bond motifs is 1. The van der Waals surface area contributed by atoms with Crippen LogP contribution >= 0.6 is 23.1 Å². The van der Waals surface area contributed by atoms with Gasteiger partial charge in [0.1, 0.15) is 29.2 Å². The van der Waals surface area contributed by atoms with Crippen LogP contribution in [0.1, 0.15) is 42.1 Å². The minimum atomic E-state index is -0.980. The molecule has 1 saturated heterocycles. The molecule has 0 aliphatic carbocycles. The van der Waals surface area contributed by atoms with Gasteiger partial charge in [0.25, 0.3) is 5.78 Å². The number of rotatable bonds is 8. The highest BCUT2D eigenvalue weighted by Crippen LogP contribution is 2.45. The second-order valence-corrected chi connectivity index (χ2v) is 12.0. The predicted octanol–water partition coefficient (Wildman–Crippen LogP) is 6.32. The van der Waals surface area contributed by atoms with Gasteiger partial charge >= 0.3 is 5.91 Å². The van der Waals surface area contributed by atoms with Gasteiger partial charge in [0, 0.05) is 17.7 Å². The Kier molecular flexibility index (Phi) is 7.70. The molecule has 3 aromatic carbocycles. The first-order chi connectivity index (χ1) is 20.3. The lowest BCUT2D eigenvalue weighted by atomic mass is 9.94. The molecule has 4 aromatic rings. The Morgan fingerprint density at radius 1 is 1.14 bits per heavy atom. The van der Waals surface area contributed by atoms with Crippen molar-refractivity contribution in [3.63, 3.8) is 0 Å².